The van der Waals surface area contributed by atoms with Gasteiger partial charge in [-0.2, -0.15) is 0 Å². The number of benzene rings is 2. The molecule has 0 fully saturated rings. The lowest BCUT2D eigenvalue weighted by molar-refractivity contribution is 0.0914. The summed E-state index contributed by atoms with van der Waals surface area (Å²) in [7, 11) is 0. The number of ether oxygens (including phenoxy) is 1. The molecule has 0 radical (unpaired) electrons. The molecule has 0 aliphatic heterocycles. The second-order valence-corrected chi connectivity index (χ2v) is 7.55. The number of hydrogen-bond donors (Lipinski definition) is 3. The summed E-state index contributed by atoms with van der Waals surface area (Å²) in [5, 5.41) is 22.7. The number of nitrogens with one attached hydrogen (secondary N) is 1. The van der Waals surface area contributed by atoms with E-state index in [1.54, 1.807) is 24.3 Å². The first kappa shape index (κ1) is 21.8. The Hall–Kier alpha value is -3.87. The summed E-state index contributed by atoms with van der Waals surface area (Å²) < 4.78 is 5.51. The molecule has 0 saturated heterocycles. The predicted molar refractivity (Wildman–Crippen MR) is 116 cm³/mol. The third-order valence-electron chi connectivity index (χ3n) is 4.78. The number of carbonyl (C=O) groups is 3. The molecule has 1 amide bonds. The molecule has 0 heterocycles. The fourth-order valence-electron chi connectivity index (χ4n) is 3.30. The maximum Gasteiger partial charge on any atom is 0.412 e. The Balaban J connectivity index is 1.92. The van der Waals surface area contributed by atoms with Gasteiger partial charge in [0.2, 0.25) is 0 Å². The predicted octanol–water partition coefficient (Wildman–Crippen LogP) is 4.69. The van der Waals surface area contributed by atoms with E-state index < -0.39 is 35.3 Å². The van der Waals surface area contributed by atoms with Crippen molar-refractivity contribution in [3.05, 3.63) is 76.4 Å². The first-order chi connectivity index (χ1) is 14.7. The third-order valence-corrected chi connectivity index (χ3v) is 4.78. The first-order valence-electron chi connectivity index (χ1n) is 9.70. The number of fused-ring (bicyclic) bond motifs is 1. The standard InChI is InChI=1S/C24H23NO6/c1-13(2)7-10-20(31-24(30)25-15-6-4-5-14(3)11-15)16-12-19(28)21-17(26)8-9-18(27)22(21)23(16)29/h4-9,11-12,20,26-27H,10H2,1-3H3,(H,25,30)/t20-/m1/s1. The lowest BCUT2D eigenvalue weighted by Crippen LogP contribution is -2.30. The Morgan fingerprint density at radius 1 is 1.10 bits per heavy atom. The molecule has 2 aromatic rings. The summed E-state index contributed by atoms with van der Waals surface area (Å²) in [6, 6.07) is 9.40. The number of amides is 1. The summed E-state index contributed by atoms with van der Waals surface area (Å²) in [4.78, 5) is 38.2. The van der Waals surface area contributed by atoms with Crippen LogP contribution in [0.1, 0.15) is 46.5 Å². The van der Waals surface area contributed by atoms with Gasteiger partial charge in [0, 0.05) is 17.7 Å². The van der Waals surface area contributed by atoms with Gasteiger partial charge < -0.3 is 14.9 Å². The Labute approximate surface area is 179 Å². The number of phenols is 2. The average molecular weight is 421 g/mol. The quantitative estimate of drug-likeness (QED) is 0.477. The van der Waals surface area contributed by atoms with Crippen molar-refractivity contribution >= 4 is 23.3 Å². The minimum atomic E-state index is -1.06. The van der Waals surface area contributed by atoms with Crippen LogP contribution in [-0.4, -0.2) is 34.0 Å². The number of hydrogen-bond acceptors (Lipinski definition) is 6. The third kappa shape index (κ3) is 4.83. The number of ketones is 2. The highest BCUT2D eigenvalue weighted by Gasteiger charge is 2.35. The van der Waals surface area contributed by atoms with Crippen LogP contribution in [0.15, 0.2) is 59.7 Å². The molecule has 3 rings (SSSR count). The zero-order valence-corrected chi connectivity index (χ0v) is 17.4. The highest BCUT2D eigenvalue weighted by molar-refractivity contribution is 6.27. The van der Waals surface area contributed by atoms with Gasteiger partial charge in [-0.25, -0.2) is 4.79 Å². The second kappa shape index (κ2) is 8.87. The van der Waals surface area contributed by atoms with Crippen molar-refractivity contribution in [3.8, 4) is 11.5 Å². The molecule has 0 saturated carbocycles. The normalized spacial score (nSPS) is 13.7. The molecular weight excluding hydrogens is 398 g/mol. The van der Waals surface area contributed by atoms with Crippen LogP contribution in [0.25, 0.3) is 0 Å². The number of rotatable bonds is 5. The molecule has 0 spiro atoms. The van der Waals surface area contributed by atoms with E-state index in [-0.39, 0.29) is 23.1 Å². The molecular formula is C24H23NO6. The number of allylic oxidation sites excluding steroid dienone is 2. The molecule has 7 heteroatoms. The maximum atomic E-state index is 13.1. The van der Waals surface area contributed by atoms with E-state index in [9.17, 15) is 24.6 Å². The smallest absolute Gasteiger partial charge is 0.412 e. The molecule has 0 bridgehead atoms. The summed E-state index contributed by atoms with van der Waals surface area (Å²) in [5.74, 6) is -2.16. The number of aromatic hydroxyl groups is 2. The lowest BCUT2D eigenvalue weighted by atomic mass is 9.85. The zero-order valence-electron chi connectivity index (χ0n) is 17.4. The maximum absolute atomic E-state index is 13.1. The van der Waals surface area contributed by atoms with Crippen LogP contribution in [0.5, 0.6) is 11.5 Å². The zero-order chi connectivity index (χ0) is 22.7. The summed E-state index contributed by atoms with van der Waals surface area (Å²) >= 11 is 0. The van der Waals surface area contributed by atoms with Crippen LogP contribution in [-0.2, 0) is 4.74 Å². The second-order valence-electron chi connectivity index (χ2n) is 7.55. The van der Waals surface area contributed by atoms with E-state index in [1.165, 1.54) is 0 Å². The molecule has 1 aliphatic rings. The van der Waals surface area contributed by atoms with Gasteiger partial charge >= 0.3 is 6.09 Å². The van der Waals surface area contributed by atoms with Crippen LogP contribution in [0.4, 0.5) is 10.5 Å². The van der Waals surface area contributed by atoms with Gasteiger partial charge in [0.15, 0.2) is 11.6 Å². The van der Waals surface area contributed by atoms with E-state index in [2.05, 4.69) is 5.32 Å². The van der Waals surface area contributed by atoms with Crippen molar-refractivity contribution in [3.63, 3.8) is 0 Å². The van der Waals surface area contributed by atoms with E-state index in [0.717, 1.165) is 29.3 Å². The Morgan fingerprint density at radius 2 is 1.77 bits per heavy atom. The fraction of sp³-hybridized carbons (Fsp3) is 0.208. The van der Waals surface area contributed by atoms with Crippen LogP contribution in [0.3, 0.4) is 0 Å². The molecule has 0 unspecified atom stereocenters. The van der Waals surface area contributed by atoms with E-state index in [4.69, 9.17) is 4.74 Å². The lowest BCUT2D eigenvalue weighted by Gasteiger charge is -2.23. The van der Waals surface area contributed by atoms with Crippen molar-refractivity contribution in [2.24, 2.45) is 0 Å². The summed E-state index contributed by atoms with van der Waals surface area (Å²) in [5.41, 5.74) is 1.77. The van der Waals surface area contributed by atoms with Crippen LogP contribution < -0.4 is 5.32 Å². The summed E-state index contributed by atoms with van der Waals surface area (Å²) in [6.45, 7) is 5.58. The largest absolute Gasteiger partial charge is 0.507 e. The highest BCUT2D eigenvalue weighted by atomic mass is 16.6. The van der Waals surface area contributed by atoms with Crippen LogP contribution in [0.2, 0.25) is 0 Å². The van der Waals surface area contributed by atoms with Gasteiger partial charge in [0.1, 0.15) is 17.6 Å². The monoisotopic (exact) mass is 421 g/mol. The van der Waals surface area contributed by atoms with Gasteiger partial charge in [-0.1, -0.05) is 23.8 Å². The van der Waals surface area contributed by atoms with Gasteiger partial charge in [0.25, 0.3) is 0 Å². The van der Waals surface area contributed by atoms with E-state index in [1.807, 2.05) is 26.8 Å². The minimum absolute atomic E-state index is 0.0738. The van der Waals surface area contributed by atoms with Gasteiger partial charge in [-0.05, 0) is 56.7 Å². The van der Waals surface area contributed by atoms with Crippen molar-refractivity contribution in [2.45, 2.75) is 33.3 Å². The van der Waals surface area contributed by atoms with Crippen LogP contribution >= 0.6 is 0 Å². The molecule has 31 heavy (non-hydrogen) atoms. The van der Waals surface area contributed by atoms with Gasteiger partial charge in [-0.3, -0.25) is 14.9 Å². The molecule has 3 N–H and O–H groups in total. The SMILES string of the molecule is CC(C)=CC[C@@H](OC(=O)Nc1cccc(C)c1)C1=CC(=O)c2c(O)ccc(O)c2C1=O. The van der Waals surface area contributed by atoms with Gasteiger partial charge in [0.05, 0.1) is 11.1 Å². The molecule has 160 valence electrons. The molecule has 7 nitrogen and oxygen atoms in total. The molecule has 2 aromatic carbocycles. The Morgan fingerprint density at radius 3 is 2.42 bits per heavy atom. The molecule has 1 aliphatic carbocycles. The van der Waals surface area contributed by atoms with E-state index >= 15 is 0 Å². The fourth-order valence-corrected chi connectivity index (χ4v) is 3.30. The van der Waals surface area contributed by atoms with E-state index in [0.29, 0.717) is 5.69 Å². The number of aryl methyl sites for hydroxylation is 1. The Bertz CT molecular complexity index is 1120. The van der Waals surface area contributed by atoms with Crippen LogP contribution in [0, 0.1) is 6.92 Å². The summed E-state index contributed by atoms with van der Waals surface area (Å²) in [6.07, 6.45) is 1.13. The number of anilines is 1. The minimum Gasteiger partial charge on any atom is -0.507 e. The van der Waals surface area contributed by atoms with Crippen molar-refractivity contribution in [1.82, 2.24) is 0 Å². The first-order valence-corrected chi connectivity index (χ1v) is 9.70. The van der Waals surface area contributed by atoms with Crippen molar-refractivity contribution < 1.29 is 29.3 Å². The average Bonchev–Trinajstić information content (AvgIpc) is 2.69. The Kier molecular flexibility index (Phi) is 6.25. The molecule has 1 atom stereocenters. The number of phenolic OH excluding ortho intramolecular Hbond substituents is 2. The van der Waals surface area contributed by atoms with Gasteiger partial charge in [-0.15, -0.1) is 0 Å². The van der Waals surface area contributed by atoms with Crippen molar-refractivity contribution in [1.29, 1.82) is 0 Å². The number of carbonyl (C=O) groups excluding carboxylic acids is 3. The number of Topliss-reactive ketones (excluding diaryl/α,β-unsaturated/α-hetero) is 1. The highest BCUT2D eigenvalue weighted by Crippen LogP contribution is 2.36. The topological polar surface area (TPSA) is 113 Å². The molecule has 0 aromatic heterocycles. The van der Waals surface area contributed by atoms with Crippen molar-refractivity contribution in [2.75, 3.05) is 5.32 Å².